The van der Waals surface area contributed by atoms with Crippen LogP contribution in [-0.4, -0.2) is 20.6 Å². The Balaban J connectivity index is 1.58. The van der Waals surface area contributed by atoms with E-state index in [0.717, 1.165) is 22.5 Å². The van der Waals surface area contributed by atoms with E-state index in [4.69, 9.17) is 16.3 Å². The first-order chi connectivity index (χ1) is 14.3. The van der Waals surface area contributed by atoms with E-state index in [0.29, 0.717) is 17.9 Å². The Kier molecular flexibility index (Phi) is 6.37. The lowest BCUT2D eigenvalue weighted by molar-refractivity contribution is -0.384. The van der Waals surface area contributed by atoms with Crippen LogP contribution in [0.25, 0.3) is 0 Å². The maximum absolute atomic E-state index is 12.4. The molecule has 1 amide bonds. The molecule has 0 aliphatic carbocycles. The van der Waals surface area contributed by atoms with Gasteiger partial charge < -0.3 is 10.1 Å². The summed E-state index contributed by atoms with van der Waals surface area (Å²) in [5, 5.41) is 18.2. The first kappa shape index (κ1) is 21.3. The number of aromatic nitrogens is 2. The highest BCUT2D eigenvalue weighted by atomic mass is 35.5. The van der Waals surface area contributed by atoms with Crippen LogP contribution in [0.3, 0.4) is 0 Å². The van der Waals surface area contributed by atoms with Gasteiger partial charge in [-0.05, 0) is 37.6 Å². The second-order valence-electron chi connectivity index (χ2n) is 6.81. The normalized spacial score (nSPS) is 10.7. The third-order valence-electron chi connectivity index (χ3n) is 4.82. The minimum Gasteiger partial charge on any atom is -0.487 e. The van der Waals surface area contributed by atoms with E-state index in [1.165, 1.54) is 18.2 Å². The Morgan fingerprint density at radius 2 is 1.93 bits per heavy atom. The van der Waals surface area contributed by atoms with Crippen LogP contribution in [0.2, 0.25) is 5.02 Å². The molecular weight excluding hydrogens is 408 g/mol. The van der Waals surface area contributed by atoms with Crippen molar-refractivity contribution in [1.82, 2.24) is 15.1 Å². The molecule has 0 aliphatic rings. The predicted molar refractivity (Wildman–Crippen MR) is 113 cm³/mol. The van der Waals surface area contributed by atoms with Gasteiger partial charge in [-0.25, -0.2) is 0 Å². The zero-order chi connectivity index (χ0) is 21.8. The number of nitrogens with zero attached hydrogens (tertiary/aromatic N) is 3. The van der Waals surface area contributed by atoms with Gasteiger partial charge in [-0.15, -0.1) is 0 Å². The van der Waals surface area contributed by atoms with Crippen LogP contribution in [-0.2, 0) is 20.2 Å². The number of aryl methyl sites for hydroxylation is 2. The Morgan fingerprint density at radius 1 is 1.23 bits per heavy atom. The van der Waals surface area contributed by atoms with Crippen molar-refractivity contribution < 1.29 is 14.5 Å². The van der Waals surface area contributed by atoms with E-state index in [9.17, 15) is 14.9 Å². The minimum atomic E-state index is -0.517. The Bertz CT molecular complexity index is 1090. The van der Waals surface area contributed by atoms with Gasteiger partial charge >= 0.3 is 0 Å². The summed E-state index contributed by atoms with van der Waals surface area (Å²) in [4.78, 5) is 22.7. The highest BCUT2D eigenvalue weighted by Crippen LogP contribution is 2.29. The van der Waals surface area contributed by atoms with E-state index in [-0.39, 0.29) is 23.2 Å². The summed E-state index contributed by atoms with van der Waals surface area (Å²) in [5.41, 5.74) is 4.19. The molecule has 0 atom stereocenters. The lowest BCUT2D eigenvalue weighted by Crippen LogP contribution is -2.23. The van der Waals surface area contributed by atoms with Gasteiger partial charge in [-0.3, -0.25) is 19.6 Å². The van der Waals surface area contributed by atoms with Crippen molar-refractivity contribution in [1.29, 1.82) is 0 Å². The number of nitrogens with one attached hydrogen (secondary N) is 1. The SMILES string of the molecule is Cc1nn(C)c(C)c1CNC(=O)c1ccc(COc2ccc([N+](=O)[O-])cc2Cl)cc1. The number of nitro benzene ring substituents is 1. The first-order valence-electron chi connectivity index (χ1n) is 9.19. The van der Waals surface area contributed by atoms with Crippen LogP contribution < -0.4 is 10.1 Å². The van der Waals surface area contributed by atoms with Gasteiger partial charge in [0.25, 0.3) is 11.6 Å². The van der Waals surface area contributed by atoms with Crippen LogP contribution in [0.5, 0.6) is 5.75 Å². The van der Waals surface area contributed by atoms with Crippen molar-refractivity contribution in [3.63, 3.8) is 0 Å². The van der Waals surface area contributed by atoms with E-state index in [1.807, 2.05) is 20.9 Å². The zero-order valence-electron chi connectivity index (χ0n) is 16.8. The number of rotatable bonds is 7. The third-order valence-corrected chi connectivity index (χ3v) is 5.12. The maximum Gasteiger partial charge on any atom is 0.271 e. The lowest BCUT2D eigenvalue weighted by Gasteiger charge is -2.09. The van der Waals surface area contributed by atoms with E-state index in [2.05, 4.69) is 10.4 Å². The quantitative estimate of drug-likeness (QED) is 0.451. The van der Waals surface area contributed by atoms with E-state index in [1.54, 1.807) is 28.9 Å². The average molecular weight is 429 g/mol. The number of benzene rings is 2. The number of nitro groups is 1. The molecule has 156 valence electrons. The van der Waals surface area contributed by atoms with Crippen molar-refractivity contribution in [2.45, 2.75) is 27.0 Å². The van der Waals surface area contributed by atoms with Crippen molar-refractivity contribution >= 4 is 23.2 Å². The van der Waals surface area contributed by atoms with E-state index >= 15 is 0 Å². The van der Waals surface area contributed by atoms with Crippen molar-refractivity contribution in [2.75, 3.05) is 0 Å². The van der Waals surface area contributed by atoms with Crippen LogP contribution in [0.4, 0.5) is 5.69 Å². The number of carbonyl (C=O) groups is 1. The molecule has 0 unspecified atom stereocenters. The van der Waals surface area contributed by atoms with Crippen LogP contribution >= 0.6 is 11.6 Å². The fourth-order valence-corrected chi connectivity index (χ4v) is 3.21. The summed E-state index contributed by atoms with van der Waals surface area (Å²) >= 11 is 6.03. The van der Waals surface area contributed by atoms with Crippen LogP contribution in [0, 0.1) is 24.0 Å². The molecule has 2 aromatic carbocycles. The fraction of sp³-hybridized carbons (Fsp3) is 0.238. The molecule has 30 heavy (non-hydrogen) atoms. The number of amides is 1. The number of carbonyl (C=O) groups excluding carboxylic acids is 1. The highest BCUT2D eigenvalue weighted by molar-refractivity contribution is 6.32. The molecule has 0 fully saturated rings. The Morgan fingerprint density at radius 3 is 2.50 bits per heavy atom. The number of hydrogen-bond acceptors (Lipinski definition) is 5. The number of hydrogen-bond donors (Lipinski definition) is 1. The van der Waals surface area contributed by atoms with E-state index < -0.39 is 4.92 Å². The van der Waals surface area contributed by atoms with Gasteiger partial charge in [0.2, 0.25) is 0 Å². The smallest absolute Gasteiger partial charge is 0.271 e. The molecule has 9 heteroatoms. The summed E-state index contributed by atoms with van der Waals surface area (Å²) in [6.07, 6.45) is 0. The van der Waals surface area contributed by atoms with Crippen molar-refractivity contribution in [3.05, 3.63) is 85.7 Å². The molecule has 1 heterocycles. The van der Waals surface area contributed by atoms with Crippen LogP contribution in [0.1, 0.15) is 32.9 Å². The minimum absolute atomic E-state index is 0.0978. The second kappa shape index (κ2) is 8.96. The molecule has 0 aliphatic heterocycles. The molecule has 0 radical (unpaired) electrons. The molecule has 0 saturated carbocycles. The third kappa shape index (κ3) is 4.77. The summed E-state index contributed by atoms with van der Waals surface area (Å²) in [7, 11) is 1.87. The standard InChI is InChI=1S/C21H21ClN4O4/c1-13-18(14(2)25(3)24-13)11-23-21(27)16-6-4-15(5-7-16)12-30-20-9-8-17(26(28)29)10-19(20)22/h4-10H,11-12H2,1-3H3,(H,23,27). The number of ether oxygens (including phenoxy) is 1. The molecule has 0 bridgehead atoms. The van der Waals surface area contributed by atoms with Gasteiger partial charge in [0, 0.05) is 42.5 Å². The topological polar surface area (TPSA) is 99.3 Å². The summed E-state index contributed by atoms with van der Waals surface area (Å²) in [5.74, 6) is 0.176. The molecule has 1 aromatic heterocycles. The molecule has 0 spiro atoms. The molecule has 3 aromatic rings. The largest absolute Gasteiger partial charge is 0.487 e. The lowest BCUT2D eigenvalue weighted by atomic mass is 10.1. The van der Waals surface area contributed by atoms with Gasteiger partial charge in [0.05, 0.1) is 15.6 Å². The molecule has 3 rings (SSSR count). The summed E-state index contributed by atoms with van der Waals surface area (Å²) in [6.45, 7) is 4.51. The average Bonchev–Trinajstić information content (AvgIpc) is 2.96. The zero-order valence-corrected chi connectivity index (χ0v) is 17.6. The van der Waals surface area contributed by atoms with Crippen molar-refractivity contribution in [3.8, 4) is 5.75 Å². The monoisotopic (exact) mass is 428 g/mol. The second-order valence-corrected chi connectivity index (χ2v) is 7.22. The predicted octanol–water partition coefficient (Wildman–Crippen LogP) is 4.11. The van der Waals surface area contributed by atoms with Gasteiger partial charge in [0.15, 0.2) is 0 Å². The first-order valence-corrected chi connectivity index (χ1v) is 9.57. The highest BCUT2D eigenvalue weighted by Gasteiger charge is 2.13. The molecule has 0 saturated heterocycles. The van der Waals surface area contributed by atoms with Gasteiger partial charge in [0.1, 0.15) is 12.4 Å². The molecular formula is C21H21ClN4O4. The van der Waals surface area contributed by atoms with Crippen molar-refractivity contribution in [2.24, 2.45) is 7.05 Å². The molecule has 1 N–H and O–H groups in total. The molecule has 8 nitrogen and oxygen atoms in total. The van der Waals surface area contributed by atoms with Gasteiger partial charge in [-0.1, -0.05) is 23.7 Å². The summed E-state index contributed by atoms with van der Waals surface area (Å²) in [6, 6.07) is 11.0. The number of halogens is 1. The van der Waals surface area contributed by atoms with Crippen LogP contribution in [0.15, 0.2) is 42.5 Å². The summed E-state index contributed by atoms with van der Waals surface area (Å²) < 4.78 is 7.42. The Labute approximate surface area is 178 Å². The number of non-ortho nitro benzene ring substituents is 1. The Hall–Kier alpha value is -3.39. The maximum atomic E-state index is 12.4. The fourth-order valence-electron chi connectivity index (χ4n) is 2.98. The van der Waals surface area contributed by atoms with Gasteiger partial charge in [-0.2, -0.15) is 5.10 Å².